The molecule has 0 radical (unpaired) electrons. The molecule has 0 amide bonds. The minimum atomic E-state index is -0.207. The van der Waals surface area contributed by atoms with Crippen molar-refractivity contribution < 1.29 is 4.39 Å². The van der Waals surface area contributed by atoms with Gasteiger partial charge in [-0.15, -0.1) is 11.6 Å². The monoisotopic (exact) mass is 291 g/mol. The van der Waals surface area contributed by atoms with Crippen LogP contribution < -0.4 is 5.32 Å². The van der Waals surface area contributed by atoms with E-state index >= 15 is 0 Å². The van der Waals surface area contributed by atoms with Crippen LogP contribution in [-0.2, 0) is 13.0 Å². The van der Waals surface area contributed by atoms with E-state index in [1.165, 1.54) is 17.2 Å². The number of aryl methyl sites for hydroxylation is 3. The van der Waals surface area contributed by atoms with Crippen LogP contribution in [0, 0.1) is 19.7 Å². The van der Waals surface area contributed by atoms with E-state index in [4.69, 9.17) is 11.6 Å². The zero-order chi connectivity index (χ0) is 14.5. The number of rotatable bonds is 5. The lowest BCUT2D eigenvalue weighted by Crippen LogP contribution is -2.06. The average molecular weight is 292 g/mol. The van der Waals surface area contributed by atoms with Gasteiger partial charge in [-0.25, -0.2) is 4.39 Å². The van der Waals surface area contributed by atoms with Crippen molar-refractivity contribution in [2.75, 3.05) is 11.2 Å². The maximum absolute atomic E-state index is 13.3. The van der Waals surface area contributed by atoms with Crippen LogP contribution >= 0.6 is 11.6 Å². The lowest BCUT2D eigenvalue weighted by atomic mass is 10.0. The van der Waals surface area contributed by atoms with Crippen LogP contribution in [0.15, 0.2) is 36.4 Å². The first-order chi connectivity index (χ1) is 9.61. The highest BCUT2D eigenvalue weighted by Gasteiger charge is 2.06. The predicted molar refractivity (Wildman–Crippen MR) is 84.1 cm³/mol. The third kappa shape index (κ3) is 3.51. The smallest absolute Gasteiger partial charge is 0.123 e. The highest BCUT2D eigenvalue weighted by Crippen LogP contribution is 2.21. The molecule has 1 N–H and O–H groups in total. The van der Waals surface area contributed by atoms with Crippen LogP contribution in [-0.4, -0.2) is 5.88 Å². The molecule has 2 aromatic carbocycles. The van der Waals surface area contributed by atoms with Crippen molar-refractivity contribution in [3.8, 4) is 0 Å². The standard InChI is InChI=1S/C17H19ClFN/c1-12-4-3-5-13(2)17(12)20-11-15-6-7-16(19)10-14(15)8-9-18/h3-7,10,20H,8-9,11H2,1-2H3. The molecule has 0 aliphatic carbocycles. The summed E-state index contributed by atoms with van der Waals surface area (Å²) in [4.78, 5) is 0. The molecule has 0 saturated carbocycles. The number of nitrogens with one attached hydrogen (secondary N) is 1. The average Bonchev–Trinajstić information content (AvgIpc) is 2.40. The third-order valence-corrected chi connectivity index (χ3v) is 3.66. The fourth-order valence-electron chi connectivity index (χ4n) is 2.38. The first-order valence-electron chi connectivity index (χ1n) is 6.75. The summed E-state index contributed by atoms with van der Waals surface area (Å²) < 4.78 is 13.3. The van der Waals surface area contributed by atoms with E-state index in [2.05, 4.69) is 31.3 Å². The Balaban J connectivity index is 2.18. The highest BCUT2D eigenvalue weighted by molar-refractivity contribution is 6.18. The minimum absolute atomic E-state index is 0.207. The molecule has 1 nitrogen and oxygen atoms in total. The van der Waals surface area contributed by atoms with Crippen LogP contribution in [0.1, 0.15) is 22.3 Å². The van der Waals surface area contributed by atoms with Gasteiger partial charge in [-0.1, -0.05) is 24.3 Å². The lowest BCUT2D eigenvalue weighted by molar-refractivity contribution is 0.624. The van der Waals surface area contributed by atoms with Gasteiger partial charge in [0.1, 0.15) is 5.82 Å². The quantitative estimate of drug-likeness (QED) is 0.778. The number of anilines is 1. The third-order valence-electron chi connectivity index (χ3n) is 3.47. The molecule has 3 heteroatoms. The lowest BCUT2D eigenvalue weighted by Gasteiger charge is -2.15. The van der Waals surface area contributed by atoms with E-state index < -0.39 is 0 Å². The summed E-state index contributed by atoms with van der Waals surface area (Å²) in [5, 5.41) is 3.45. The zero-order valence-corrected chi connectivity index (χ0v) is 12.6. The Morgan fingerprint density at radius 1 is 1.05 bits per heavy atom. The summed E-state index contributed by atoms with van der Waals surface area (Å²) in [6.45, 7) is 4.84. The van der Waals surface area contributed by atoms with E-state index in [-0.39, 0.29) is 5.82 Å². The van der Waals surface area contributed by atoms with Gasteiger partial charge < -0.3 is 5.32 Å². The first-order valence-corrected chi connectivity index (χ1v) is 7.28. The fourth-order valence-corrected chi connectivity index (χ4v) is 2.58. The van der Waals surface area contributed by atoms with E-state index in [0.717, 1.165) is 16.8 Å². The molecule has 106 valence electrons. The Kier molecular flexibility index (Phi) is 5.02. The molecular formula is C17H19ClFN. The Bertz CT molecular complexity index is 575. The van der Waals surface area contributed by atoms with Gasteiger partial charge in [0.2, 0.25) is 0 Å². The van der Waals surface area contributed by atoms with Gasteiger partial charge in [0, 0.05) is 18.1 Å². The van der Waals surface area contributed by atoms with E-state index in [0.29, 0.717) is 18.8 Å². The van der Waals surface area contributed by atoms with Gasteiger partial charge >= 0.3 is 0 Å². The number of hydrogen-bond acceptors (Lipinski definition) is 1. The molecule has 0 unspecified atom stereocenters. The van der Waals surface area contributed by atoms with Crippen molar-refractivity contribution in [1.82, 2.24) is 0 Å². The van der Waals surface area contributed by atoms with Crippen molar-refractivity contribution in [3.63, 3.8) is 0 Å². The fraction of sp³-hybridized carbons (Fsp3) is 0.294. The first kappa shape index (κ1) is 14.9. The molecule has 0 atom stereocenters. The van der Waals surface area contributed by atoms with Gasteiger partial charge in [-0.05, 0) is 54.7 Å². The molecule has 2 aromatic rings. The number of halogens is 2. The van der Waals surface area contributed by atoms with Crippen LogP contribution in [0.4, 0.5) is 10.1 Å². The van der Waals surface area contributed by atoms with Gasteiger partial charge in [0.15, 0.2) is 0 Å². The maximum Gasteiger partial charge on any atom is 0.123 e. The van der Waals surface area contributed by atoms with Crippen LogP contribution in [0.2, 0.25) is 0 Å². The molecule has 0 spiro atoms. The SMILES string of the molecule is Cc1cccc(C)c1NCc1ccc(F)cc1CCCl. The second-order valence-corrected chi connectivity index (χ2v) is 5.35. The summed E-state index contributed by atoms with van der Waals surface area (Å²) in [5.74, 6) is 0.292. The van der Waals surface area contributed by atoms with Crippen molar-refractivity contribution in [3.05, 3.63) is 64.5 Å². The molecule has 2 rings (SSSR count). The molecule has 0 bridgehead atoms. The summed E-state index contributed by atoms with van der Waals surface area (Å²) >= 11 is 5.79. The van der Waals surface area contributed by atoms with E-state index in [1.54, 1.807) is 6.07 Å². The van der Waals surface area contributed by atoms with Gasteiger partial charge in [0.25, 0.3) is 0 Å². The number of alkyl halides is 1. The van der Waals surface area contributed by atoms with Crippen molar-refractivity contribution in [1.29, 1.82) is 0 Å². The summed E-state index contributed by atoms with van der Waals surface area (Å²) in [6, 6.07) is 11.1. The Hall–Kier alpha value is -1.54. The molecule has 0 aromatic heterocycles. The molecule has 0 heterocycles. The Morgan fingerprint density at radius 3 is 2.40 bits per heavy atom. The topological polar surface area (TPSA) is 12.0 Å². The summed E-state index contributed by atoms with van der Waals surface area (Å²) in [7, 11) is 0. The van der Waals surface area contributed by atoms with E-state index in [1.807, 2.05) is 12.1 Å². The van der Waals surface area contributed by atoms with Gasteiger partial charge in [-0.3, -0.25) is 0 Å². The predicted octanol–water partition coefficient (Wildman–Crippen LogP) is 4.84. The summed E-state index contributed by atoms with van der Waals surface area (Å²) in [5.41, 5.74) is 5.64. The van der Waals surface area contributed by atoms with Crippen LogP contribution in [0.25, 0.3) is 0 Å². The molecular weight excluding hydrogens is 273 g/mol. The summed E-state index contributed by atoms with van der Waals surface area (Å²) in [6.07, 6.45) is 0.684. The minimum Gasteiger partial charge on any atom is -0.381 e. The molecule has 20 heavy (non-hydrogen) atoms. The molecule has 0 fully saturated rings. The van der Waals surface area contributed by atoms with Crippen LogP contribution in [0.3, 0.4) is 0 Å². The van der Waals surface area contributed by atoms with E-state index in [9.17, 15) is 4.39 Å². The second-order valence-electron chi connectivity index (χ2n) is 4.97. The number of hydrogen-bond donors (Lipinski definition) is 1. The zero-order valence-electron chi connectivity index (χ0n) is 11.8. The maximum atomic E-state index is 13.3. The Labute approximate surface area is 124 Å². The van der Waals surface area contributed by atoms with Gasteiger partial charge in [0.05, 0.1) is 0 Å². The number of para-hydroxylation sites is 1. The molecule has 0 saturated heterocycles. The van der Waals surface area contributed by atoms with Crippen LogP contribution in [0.5, 0.6) is 0 Å². The second kappa shape index (κ2) is 6.76. The largest absolute Gasteiger partial charge is 0.381 e. The normalized spacial score (nSPS) is 10.6. The van der Waals surface area contributed by atoms with Crippen molar-refractivity contribution in [2.45, 2.75) is 26.8 Å². The van der Waals surface area contributed by atoms with Crippen molar-refractivity contribution in [2.24, 2.45) is 0 Å². The van der Waals surface area contributed by atoms with Crippen molar-refractivity contribution >= 4 is 17.3 Å². The highest BCUT2D eigenvalue weighted by atomic mass is 35.5. The number of benzene rings is 2. The molecule has 0 aliphatic rings. The Morgan fingerprint density at radius 2 is 1.75 bits per heavy atom. The molecule has 0 aliphatic heterocycles. The van der Waals surface area contributed by atoms with Gasteiger partial charge in [-0.2, -0.15) is 0 Å².